The maximum absolute atomic E-state index is 12.8. The van der Waals surface area contributed by atoms with Crippen LogP contribution in [0.25, 0.3) is 0 Å². The monoisotopic (exact) mass is 313 g/mol. The van der Waals surface area contributed by atoms with E-state index in [9.17, 15) is 14.0 Å². The van der Waals surface area contributed by atoms with Gasteiger partial charge in [0.1, 0.15) is 12.4 Å². The molecule has 0 unspecified atom stereocenters. The Morgan fingerprint density at radius 3 is 2.43 bits per heavy atom. The molecule has 3 amide bonds. The third kappa shape index (κ3) is 3.48. The summed E-state index contributed by atoms with van der Waals surface area (Å²) < 4.78 is 12.8. The smallest absolute Gasteiger partial charge is 0.325 e. The number of halogens is 1. The quantitative estimate of drug-likeness (QED) is 0.943. The number of rotatable bonds is 4. The van der Waals surface area contributed by atoms with Gasteiger partial charge in [0.05, 0.1) is 0 Å². The van der Waals surface area contributed by atoms with Crippen LogP contribution < -0.4 is 10.2 Å². The molecule has 1 fully saturated rings. The molecule has 2 aromatic rings. The van der Waals surface area contributed by atoms with Crippen LogP contribution in [0.4, 0.5) is 20.6 Å². The van der Waals surface area contributed by atoms with Crippen molar-refractivity contribution < 1.29 is 14.0 Å². The highest BCUT2D eigenvalue weighted by molar-refractivity contribution is 5.99. The predicted molar refractivity (Wildman–Crippen MR) is 85.8 cm³/mol. The number of hydrogen-bond donors (Lipinski definition) is 1. The third-order valence-corrected chi connectivity index (χ3v) is 3.63. The first-order chi connectivity index (χ1) is 11.1. The SMILES string of the molecule is O=C(CN1CCN(c2ccccc2)C1=O)Nc1ccc(F)cc1. The number of carbonyl (C=O) groups excluding carboxylic acids is 2. The number of para-hydroxylation sites is 1. The number of amides is 3. The molecule has 0 radical (unpaired) electrons. The van der Waals surface area contributed by atoms with Crippen molar-refractivity contribution >= 4 is 23.3 Å². The summed E-state index contributed by atoms with van der Waals surface area (Å²) in [5, 5.41) is 2.65. The maximum Gasteiger partial charge on any atom is 0.325 e. The Labute approximate surface area is 133 Å². The normalized spacial score (nSPS) is 14.2. The molecule has 1 heterocycles. The number of nitrogens with one attached hydrogen (secondary N) is 1. The average Bonchev–Trinajstić information content (AvgIpc) is 2.91. The van der Waals surface area contributed by atoms with Crippen molar-refractivity contribution in [1.29, 1.82) is 0 Å². The van der Waals surface area contributed by atoms with Crippen molar-refractivity contribution in [3.63, 3.8) is 0 Å². The zero-order chi connectivity index (χ0) is 16.2. The van der Waals surface area contributed by atoms with Gasteiger partial charge in [-0.1, -0.05) is 18.2 Å². The second-order valence-corrected chi connectivity index (χ2v) is 5.25. The fourth-order valence-corrected chi connectivity index (χ4v) is 2.48. The molecule has 0 saturated carbocycles. The molecule has 0 bridgehead atoms. The van der Waals surface area contributed by atoms with Crippen molar-refractivity contribution in [3.8, 4) is 0 Å². The molecule has 23 heavy (non-hydrogen) atoms. The van der Waals surface area contributed by atoms with Crippen LogP contribution in [0.15, 0.2) is 54.6 Å². The summed E-state index contributed by atoms with van der Waals surface area (Å²) in [7, 11) is 0. The topological polar surface area (TPSA) is 52.7 Å². The molecule has 1 aliphatic heterocycles. The Morgan fingerprint density at radius 2 is 1.74 bits per heavy atom. The van der Waals surface area contributed by atoms with Gasteiger partial charge in [0.2, 0.25) is 5.91 Å². The van der Waals surface area contributed by atoms with E-state index in [0.29, 0.717) is 18.8 Å². The first-order valence-electron chi connectivity index (χ1n) is 7.30. The molecule has 0 spiro atoms. The summed E-state index contributed by atoms with van der Waals surface area (Å²) in [6.45, 7) is 1.01. The summed E-state index contributed by atoms with van der Waals surface area (Å²) in [4.78, 5) is 27.5. The molecular formula is C17H16FN3O2. The van der Waals surface area contributed by atoms with Crippen molar-refractivity contribution in [1.82, 2.24) is 4.90 Å². The average molecular weight is 313 g/mol. The number of anilines is 2. The molecule has 118 valence electrons. The van der Waals surface area contributed by atoms with E-state index < -0.39 is 0 Å². The summed E-state index contributed by atoms with van der Waals surface area (Å²) in [5.41, 5.74) is 1.32. The number of carbonyl (C=O) groups is 2. The highest BCUT2D eigenvalue weighted by Crippen LogP contribution is 2.19. The minimum Gasteiger partial charge on any atom is -0.325 e. The van der Waals surface area contributed by atoms with Gasteiger partial charge in [-0.3, -0.25) is 9.69 Å². The summed E-state index contributed by atoms with van der Waals surface area (Å²) >= 11 is 0. The second-order valence-electron chi connectivity index (χ2n) is 5.25. The van der Waals surface area contributed by atoms with Crippen LogP contribution in [0.1, 0.15) is 0 Å². The molecule has 6 heteroatoms. The van der Waals surface area contributed by atoms with Crippen LogP contribution >= 0.6 is 0 Å². The minimum atomic E-state index is -0.365. The zero-order valence-corrected chi connectivity index (χ0v) is 12.4. The first-order valence-corrected chi connectivity index (χ1v) is 7.30. The van der Waals surface area contributed by atoms with E-state index in [2.05, 4.69) is 5.32 Å². The molecule has 0 aromatic heterocycles. The molecule has 5 nitrogen and oxygen atoms in total. The lowest BCUT2D eigenvalue weighted by atomic mass is 10.3. The molecule has 3 rings (SSSR count). The van der Waals surface area contributed by atoms with Crippen molar-refractivity contribution in [2.75, 3.05) is 29.9 Å². The van der Waals surface area contributed by atoms with E-state index >= 15 is 0 Å². The van der Waals surface area contributed by atoms with E-state index in [1.54, 1.807) is 4.90 Å². The number of benzene rings is 2. The molecule has 1 N–H and O–H groups in total. The van der Waals surface area contributed by atoms with Crippen molar-refractivity contribution in [3.05, 3.63) is 60.4 Å². The lowest BCUT2D eigenvalue weighted by Gasteiger charge is -2.18. The first kappa shape index (κ1) is 15.0. The maximum atomic E-state index is 12.8. The van der Waals surface area contributed by atoms with Gasteiger partial charge in [0, 0.05) is 24.5 Å². The molecule has 1 saturated heterocycles. The number of urea groups is 1. The van der Waals surface area contributed by atoms with Crippen molar-refractivity contribution in [2.45, 2.75) is 0 Å². The van der Waals surface area contributed by atoms with Gasteiger partial charge in [0.15, 0.2) is 0 Å². The molecular weight excluding hydrogens is 297 g/mol. The van der Waals surface area contributed by atoms with E-state index in [-0.39, 0.29) is 24.3 Å². The predicted octanol–water partition coefficient (Wildman–Crippen LogP) is 2.71. The van der Waals surface area contributed by atoms with Gasteiger partial charge in [-0.05, 0) is 36.4 Å². The van der Waals surface area contributed by atoms with Crippen LogP contribution in [0.3, 0.4) is 0 Å². The number of hydrogen-bond acceptors (Lipinski definition) is 2. The summed E-state index contributed by atoms with van der Waals surface area (Å²) in [6, 6.07) is 14.7. The summed E-state index contributed by atoms with van der Waals surface area (Å²) in [5.74, 6) is -0.670. The fourth-order valence-electron chi connectivity index (χ4n) is 2.48. The zero-order valence-electron chi connectivity index (χ0n) is 12.4. The highest BCUT2D eigenvalue weighted by Gasteiger charge is 2.30. The van der Waals surface area contributed by atoms with E-state index in [1.807, 2.05) is 30.3 Å². The van der Waals surface area contributed by atoms with E-state index in [0.717, 1.165) is 5.69 Å². The fraction of sp³-hybridized carbons (Fsp3) is 0.176. The van der Waals surface area contributed by atoms with Crippen LogP contribution in [0.5, 0.6) is 0 Å². The van der Waals surface area contributed by atoms with Gasteiger partial charge >= 0.3 is 6.03 Å². The van der Waals surface area contributed by atoms with Gasteiger partial charge < -0.3 is 10.2 Å². The summed E-state index contributed by atoms with van der Waals surface area (Å²) in [6.07, 6.45) is 0. The molecule has 0 aliphatic carbocycles. The van der Waals surface area contributed by atoms with Gasteiger partial charge in [-0.15, -0.1) is 0 Å². The standard InChI is InChI=1S/C17H16FN3O2/c18-13-6-8-14(9-7-13)19-16(22)12-20-10-11-21(17(20)23)15-4-2-1-3-5-15/h1-9H,10-12H2,(H,19,22). The van der Waals surface area contributed by atoms with Crippen molar-refractivity contribution in [2.24, 2.45) is 0 Å². The minimum absolute atomic E-state index is 0.0282. The molecule has 2 aromatic carbocycles. The highest BCUT2D eigenvalue weighted by atomic mass is 19.1. The third-order valence-electron chi connectivity index (χ3n) is 3.63. The Morgan fingerprint density at radius 1 is 1.04 bits per heavy atom. The van der Waals surface area contributed by atoms with Crippen LogP contribution in [-0.2, 0) is 4.79 Å². The Kier molecular flexibility index (Phi) is 4.23. The van der Waals surface area contributed by atoms with Crippen LogP contribution in [-0.4, -0.2) is 36.5 Å². The van der Waals surface area contributed by atoms with Gasteiger partial charge in [0.25, 0.3) is 0 Å². The Hall–Kier alpha value is -2.89. The molecule has 0 atom stereocenters. The Bertz CT molecular complexity index is 704. The molecule has 1 aliphatic rings. The van der Waals surface area contributed by atoms with Gasteiger partial charge in [-0.25, -0.2) is 9.18 Å². The lowest BCUT2D eigenvalue weighted by molar-refractivity contribution is -0.116. The Balaban J connectivity index is 1.59. The largest absolute Gasteiger partial charge is 0.325 e. The van der Waals surface area contributed by atoms with E-state index in [4.69, 9.17) is 0 Å². The van der Waals surface area contributed by atoms with Gasteiger partial charge in [-0.2, -0.15) is 0 Å². The van der Waals surface area contributed by atoms with Crippen LogP contribution in [0.2, 0.25) is 0 Å². The number of nitrogens with zero attached hydrogens (tertiary/aromatic N) is 2. The van der Waals surface area contributed by atoms with Crippen LogP contribution in [0, 0.1) is 5.82 Å². The van der Waals surface area contributed by atoms with E-state index in [1.165, 1.54) is 29.2 Å². The second kappa shape index (κ2) is 6.48. The lowest BCUT2D eigenvalue weighted by Crippen LogP contribution is -2.37.